The minimum Gasteiger partial charge on any atom is -0.496 e. The first-order chi connectivity index (χ1) is 13.8. The molecule has 1 aliphatic carbocycles. The molecule has 0 aliphatic heterocycles. The molecular weight excluding hydrogens is 354 g/mol. The molecule has 0 saturated heterocycles. The third-order valence-electron chi connectivity index (χ3n) is 5.16. The number of hydrogen-bond acceptors (Lipinski definition) is 5. The van der Waals surface area contributed by atoms with Crippen molar-refractivity contribution in [1.82, 2.24) is 19.7 Å². The second-order valence-electron chi connectivity index (χ2n) is 7.04. The first-order valence-corrected chi connectivity index (χ1v) is 9.75. The van der Waals surface area contributed by atoms with Gasteiger partial charge in [0.05, 0.1) is 13.3 Å². The Labute approximate surface area is 164 Å². The van der Waals surface area contributed by atoms with Crippen molar-refractivity contribution in [3.8, 4) is 17.0 Å². The quantitative estimate of drug-likeness (QED) is 0.659. The average Bonchev–Trinajstić information content (AvgIpc) is 3.36. The normalized spacial score (nSPS) is 14.3. The Morgan fingerprint density at radius 3 is 2.93 bits per heavy atom. The minimum atomic E-state index is 0.0914. The Bertz CT molecular complexity index is 962. The number of benzene rings is 1. The number of para-hydroxylation sites is 1. The maximum absolute atomic E-state index is 12.2. The van der Waals surface area contributed by atoms with E-state index in [0.717, 1.165) is 41.3 Å². The lowest BCUT2D eigenvalue weighted by Crippen LogP contribution is -2.33. The highest BCUT2D eigenvalue weighted by Gasteiger charge is 2.19. The van der Waals surface area contributed by atoms with E-state index in [1.807, 2.05) is 34.9 Å². The van der Waals surface area contributed by atoms with Gasteiger partial charge in [0.15, 0.2) is 5.65 Å². The largest absolute Gasteiger partial charge is 0.496 e. The van der Waals surface area contributed by atoms with Crippen molar-refractivity contribution in [2.24, 2.45) is 0 Å². The molecule has 3 aromatic rings. The Kier molecular flexibility index (Phi) is 5.41. The number of methoxy groups -OCH3 is 1. The molecular formula is C21H25N5O2. The van der Waals surface area contributed by atoms with E-state index < -0.39 is 0 Å². The van der Waals surface area contributed by atoms with Gasteiger partial charge in [0.2, 0.25) is 5.91 Å². The number of aromatic nitrogens is 3. The number of fused-ring (bicyclic) bond motifs is 1. The monoisotopic (exact) mass is 379 g/mol. The molecule has 0 spiro atoms. The van der Waals surface area contributed by atoms with E-state index in [4.69, 9.17) is 9.72 Å². The van der Waals surface area contributed by atoms with Crippen LogP contribution in [0.1, 0.15) is 32.1 Å². The number of nitrogens with zero attached hydrogens (tertiary/aromatic N) is 3. The molecule has 1 saturated carbocycles. The summed E-state index contributed by atoms with van der Waals surface area (Å²) >= 11 is 0. The van der Waals surface area contributed by atoms with Gasteiger partial charge in [0.1, 0.15) is 17.3 Å². The van der Waals surface area contributed by atoms with Crippen LogP contribution >= 0.6 is 0 Å². The Balaban J connectivity index is 1.54. The minimum absolute atomic E-state index is 0.0914. The summed E-state index contributed by atoms with van der Waals surface area (Å²) in [6.45, 7) is 0.525. The number of imidazole rings is 1. The van der Waals surface area contributed by atoms with Gasteiger partial charge in [-0.2, -0.15) is 0 Å². The molecule has 7 nitrogen and oxygen atoms in total. The molecule has 0 atom stereocenters. The number of anilines is 1. The SMILES string of the molecule is COc1ccccc1-c1nc2cnccn2c1NCCC(=O)NC1CCCC1. The highest BCUT2D eigenvalue weighted by atomic mass is 16.5. The van der Waals surface area contributed by atoms with Crippen LogP contribution in [0.25, 0.3) is 16.9 Å². The molecule has 2 aromatic heterocycles. The van der Waals surface area contributed by atoms with Crippen LogP contribution in [0, 0.1) is 0 Å². The van der Waals surface area contributed by atoms with Gasteiger partial charge >= 0.3 is 0 Å². The van der Waals surface area contributed by atoms with Gasteiger partial charge < -0.3 is 15.4 Å². The zero-order valence-corrected chi connectivity index (χ0v) is 16.0. The third kappa shape index (κ3) is 3.78. The van der Waals surface area contributed by atoms with Gasteiger partial charge in [0, 0.05) is 37.0 Å². The van der Waals surface area contributed by atoms with E-state index in [0.29, 0.717) is 19.0 Å². The first kappa shape index (κ1) is 18.3. The fraction of sp³-hybridized carbons (Fsp3) is 0.381. The van der Waals surface area contributed by atoms with E-state index in [-0.39, 0.29) is 5.91 Å². The van der Waals surface area contributed by atoms with Crippen molar-refractivity contribution in [3.05, 3.63) is 42.9 Å². The maximum atomic E-state index is 12.2. The summed E-state index contributed by atoms with van der Waals surface area (Å²) in [6.07, 6.45) is 10.3. The Hall–Kier alpha value is -3.09. The standard InChI is InChI=1S/C21H25N5O2/c1-28-17-9-5-4-8-16(17)20-21(26-13-12-22-14-18(26)25-20)23-11-10-19(27)24-15-6-2-3-7-15/h4-5,8-9,12-15,23H,2-3,6-7,10-11H2,1H3,(H,24,27). The van der Waals surface area contributed by atoms with E-state index in [1.54, 1.807) is 19.5 Å². The van der Waals surface area contributed by atoms with Crippen LogP contribution in [-0.4, -0.2) is 40.0 Å². The van der Waals surface area contributed by atoms with Crippen LogP contribution in [0.15, 0.2) is 42.9 Å². The summed E-state index contributed by atoms with van der Waals surface area (Å²) in [5.74, 6) is 1.67. The molecule has 2 heterocycles. The number of ether oxygens (including phenoxy) is 1. The molecule has 1 amide bonds. The lowest BCUT2D eigenvalue weighted by molar-refractivity contribution is -0.121. The number of carbonyl (C=O) groups is 1. The van der Waals surface area contributed by atoms with E-state index in [2.05, 4.69) is 15.6 Å². The van der Waals surface area contributed by atoms with Gasteiger partial charge in [-0.25, -0.2) is 4.98 Å². The molecule has 0 bridgehead atoms. The molecule has 28 heavy (non-hydrogen) atoms. The lowest BCUT2D eigenvalue weighted by atomic mass is 10.1. The lowest BCUT2D eigenvalue weighted by Gasteiger charge is -2.13. The topological polar surface area (TPSA) is 80.6 Å². The highest BCUT2D eigenvalue weighted by Crippen LogP contribution is 2.34. The molecule has 1 fully saturated rings. The van der Waals surface area contributed by atoms with Crippen molar-refractivity contribution in [2.75, 3.05) is 19.0 Å². The van der Waals surface area contributed by atoms with Gasteiger partial charge in [0.25, 0.3) is 0 Å². The highest BCUT2D eigenvalue weighted by molar-refractivity contribution is 5.81. The second-order valence-corrected chi connectivity index (χ2v) is 7.04. The van der Waals surface area contributed by atoms with Crippen LogP contribution in [-0.2, 0) is 4.79 Å². The fourth-order valence-corrected chi connectivity index (χ4v) is 3.77. The zero-order valence-electron chi connectivity index (χ0n) is 16.0. The molecule has 0 radical (unpaired) electrons. The van der Waals surface area contributed by atoms with Crippen molar-refractivity contribution in [1.29, 1.82) is 0 Å². The number of amides is 1. The molecule has 2 N–H and O–H groups in total. The number of nitrogens with one attached hydrogen (secondary N) is 2. The third-order valence-corrected chi connectivity index (χ3v) is 5.16. The summed E-state index contributed by atoms with van der Waals surface area (Å²) in [7, 11) is 1.65. The van der Waals surface area contributed by atoms with Crippen LogP contribution < -0.4 is 15.4 Å². The number of carbonyl (C=O) groups excluding carboxylic acids is 1. The van der Waals surface area contributed by atoms with Crippen molar-refractivity contribution < 1.29 is 9.53 Å². The van der Waals surface area contributed by atoms with Gasteiger partial charge in [-0.05, 0) is 25.0 Å². The van der Waals surface area contributed by atoms with Crippen LogP contribution in [0.5, 0.6) is 5.75 Å². The van der Waals surface area contributed by atoms with Crippen LogP contribution in [0.2, 0.25) is 0 Å². The molecule has 4 rings (SSSR count). The Morgan fingerprint density at radius 2 is 2.11 bits per heavy atom. The smallest absolute Gasteiger partial charge is 0.221 e. The van der Waals surface area contributed by atoms with E-state index in [9.17, 15) is 4.79 Å². The predicted octanol–water partition coefficient (Wildman–Crippen LogP) is 3.27. The summed E-state index contributed by atoms with van der Waals surface area (Å²) in [6, 6.07) is 8.13. The van der Waals surface area contributed by atoms with Crippen molar-refractivity contribution >= 4 is 17.4 Å². The van der Waals surface area contributed by atoms with Crippen LogP contribution in [0.3, 0.4) is 0 Å². The predicted molar refractivity (Wildman–Crippen MR) is 108 cm³/mol. The van der Waals surface area contributed by atoms with Crippen molar-refractivity contribution in [3.63, 3.8) is 0 Å². The molecule has 146 valence electrons. The van der Waals surface area contributed by atoms with Crippen molar-refractivity contribution in [2.45, 2.75) is 38.1 Å². The van der Waals surface area contributed by atoms with Gasteiger partial charge in [-0.15, -0.1) is 0 Å². The van der Waals surface area contributed by atoms with Crippen LogP contribution in [0.4, 0.5) is 5.82 Å². The molecule has 0 unspecified atom stereocenters. The van der Waals surface area contributed by atoms with E-state index >= 15 is 0 Å². The molecule has 7 heteroatoms. The zero-order chi connectivity index (χ0) is 19.3. The molecule has 1 aromatic carbocycles. The summed E-state index contributed by atoms with van der Waals surface area (Å²) in [4.78, 5) is 21.1. The first-order valence-electron chi connectivity index (χ1n) is 9.75. The fourth-order valence-electron chi connectivity index (χ4n) is 3.77. The number of rotatable bonds is 7. The summed E-state index contributed by atoms with van der Waals surface area (Å²) < 4.78 is 7.46. The maximum Gasteiger partial charge on any atom is 0.221 e. The van der Waals surface area contributed by atoms with E-state index in [1.165, 1.54) is 12.8 Å². The van der Waals surface area contributed by atoms with Gasteiger partial charge in [-0.1, -0.05) is 25.0 Å². The number of hydrogen-bond donors (Lipinski definition) is 2. The summed E-state index contributed by atoms with van der Waals surface area (Å²) in [5.41, 5.74) is 2.41. The second kappa shape index (κ2) is 8.29. The average molecular weight is 379 g/mol. The van der Waals surface area contributed by atoms with Gasteiger partial charge in [-0.3, -0.25) is 14.2 Å². The Morgan fingerprint density at radius 1 is 1.29 bits per heavy atom. The molecule has 1 aliphatic rings. The summed E-state index contributed by atoms with van der Waals surface area (Å²) in [5, 5.41) is 6.53.